The molecule has 0 N–H and O–H groups in total. The first kappa shape index (κ1) is 12.5. The van der Waals surface area contributed by atoms with E-state index in [1.54, 1.807) is 13.0 Å². The van der Waals surface area contributed by atoms with Crippen molar-refractivity contribution in [2.45, 2.75) is 13.3 Å². The van der Waals surface area contributed by atoms with Gasteiger partial charge in [0.2, 0.25) is 5.91 Å². The largest absolute Gasteiger partial charge is 0.466 e. The fraction of sp³-hybridized carbons (Fsp3) is 0.385. The zero-order valence-electron chi connectivity index (χ0n) is 10.1. The van der Waals surface area contributed by atoms with Crippen molar-refractivity contribution in [1.82, 2.24) is 0 Å². The number of esters is 1. The molecule has 1 aromatic carbocycles. The Kier molecular flexibility index (Phi) is 3.60. The van der Waals surface area contributed by atoms with Gasteiger partial charge in [-0.2, -0.15) is 0 Å². The van der Waals surface area contributed by atoms with Crippen LogP contribution in [0.25, 0.3) is 0 Å². The molecule has 0 saturated carbocycles. The fourth-order valence-corrected chi connectivity index (χ4v) is 2.02. The smallest absolute Gasteiger partial charge is 0.311 e. The molecule has 96 valence electrons. The van der Waals surface area contributed by atoms with Gasteiger partial charge in [0, 0.05) is 18.7 Å². The van der Waals surface area contributed by atoms with Gasteiger partial charge in [0.1, 0.15) is 5.82 Å². The highest BCUT2D eigenvalue weighted by molar-refractivity contribution is 5.99. The van der Waals surface area contributed by atoms with Crippen LogP contribution in [-0.4, -0.2) is 25.0 Å². The van der Waals surface area contributed by atoms with Gasteiger partial charge in [-0.3, -0.25) is 9.59 Å². The molecule has 2 rings (SSSR count). The van der Waals surface area contributed by atoms with Crippen molar-refractivity contribution in [2.24, 2.45) is 5.92 Å². The van der Waals surface area contributed by atoms with Crippen LogP contribution in [0.5, 0.6) is 0 Å². The molecule has 0 spiro atoms. The zero-order valence-corrected chi connectivity index (χ0v) is 10.1. The summed E-state index contributed by atoms with van der Waals surface area (Å²) >= 11 is 0. The predicted molar refractivity (Wildman–Crippen MR) is 63.5 cm³/mol. The van der Waals surface area contributed by atoms with E-state index in [2.05, 4.69) is 0 Å². The van der Waals surface area contributed by atoms with E-state index in [0.29, 0.717) is 12.3 Å². The van der Waals surface area contributed by atoms with Crippen molar-refractivity contribution >= 4 is 17.6 Å². The van der Waals surface area contributed by atoms with Crippen LogP contribution in [0.2, 0.25) is 0 Å². The fourth-order valence-electron chi connectivity index (χ4n) is 2.02. The summed E-state index contributed by atoms with van der Waals surface area (Å²) in [5.74, 6) is -1.41. The highest BCUT2D eigenvalue weighted by atomic mass is 19.1. The van der Waals surface area contributed by atoms with Crippen LogP contribution in [0.15, 0.2) is 24.3 Å². The molecule has 1 amide bonds. The van der Waals surface area contributed by atoms with Gasteiger partial charge < -0.3 is 9.64 Å². The summed E-state index contributed by atoms with van der Waals surface area (Å²) in [5.41, 5.74) is 0.479. The van der Waals surface area contributed by atoms with E-state index in [9.17, 15) is 14.0 Å². The van der Waals surface area contributed by atoms with Crippen molar-refractivity contribution in [2.75, 3.05) is 18.1 Å². The van der Waals surface area contributed by atoms with E-state index in [-0.39, 0.29) is 24.8 Å². The maximum Gasteiger partial charge on any atom is 0.311 e. The average Bonchev–Trinajstić information content (AvgIpc) is 2.72. The molecule has 18 heavy (non-hydrogen) atoms. The number of amides is 1. The number of carbonyl (C=O) groups excluding carboxylic acids is 2. The highest BCUT2D eigenvalue weighted by Crippen LogP contribution is 2.26. The van der Waals surface area contributed by atoms with Gasteiger partial charge in [-0.15, -0.1) is 0 Å². The average molecular weight is 251 g/mol. The highest BCUT2D eigenvalue weighted by Gasteiger charge is 2.36. The molecule has 1 aromatic rings. The SMILES string of the molecule is CCOC(=O)C1CC(=O)N(c2cccc(F)c2)C1. The number of hydrogen-bond donors (Lipinski definition) is 0. The first-order valence-electron chi connectivity index (χ1n) is 5.84. The zero-order chi connectivity index (χ0) is 13.1. The third-order valence-corrected chi connectivity index (χ3v) is 2.86. The van der Waals surface area contributed by atoms with Crippen LogP contribution in [-0.2, 0) is 14.3 Å². The van der Waals surface area contributed by atoms with Crippen molar-refractivity contribution in [3.05, 3.63) is 30.1 Å². The molecular weight excluding hydrogens is 237 g/mol. The lowest BCUT2D eigenvalue weighted by atomic mass is 10.1. The van der Waals surface area contributed by atoms with E-state index in [1.807, 2.05) is 0 Å². The summed E-state index contributed by atoms with van der Waals surface area (Å²) in [4.78, 5) is 24.8. The van der Waals surface area contributed by atoms with Gasteiger partial charge in [-0.25, -0.2) is 4.39 Å². The van der Waals surface area contributed by atoms with Crippen LogP contribution < -0.4 is 4.90 Å². The van der Waals surface area contributed by atoms with E-state index >= 15 is 0 Å². The Bertz CT molecular complexity index is 475. The molecule has 5 heteroatoms. The lowest BCUT2D eigenvalue weighted by Gasteiger charge is -2.16. The van der Waals surface area contributed by atoms with Crippen LogP contribution in [0.4, 0.5) is 10.1 Å². The second-order valence-electron chi connectivity index (χ2n) is 4.14. The Morgan fingerprint density at radius 1 is 1.56 bits per heavy atom. The Hall–Kier alpha value is -1.91. The number of halogens is 1. The normalized spacial score (nSPS) is 19.1. The standard InChI is InChI=1S/C13H14FNO3/c1-2-18-13(17)9-6-12(16)15(8-9)11-5-3-4-10(14)7-11/h3-5,7,9H,2,6,8H2,1H3. The minimum atomic E-state index is -0.458. The van der Waals surface area contributed by atoms with Crippen LogP contribution in [0.3, 0.4) is 0 Å². The van der Waals surface area contributed by atoms with Crippen LogP contribution >= 0.6 is 0 Å². The van der Waals surface area contributed by atoms with Gasteiger partial charge in [0.25, 0.3) is 0 Å². The maximum absolute atomic E-state index is 13.1. The molecule has 1 aliphatic rings. The van der Waals surface area contributed by atoms with Gasteiger partial charge in [0.15, 0.2) is 0 Å². The lowest BCUT2D eigenvalue weighted by Crippen LogP contribution is -2.26. The maximum atomic E-state index is 13.1. The predicted octanol–water partition coefficient (Wildman–Crippen LogP) is 1.74. The third-order valence-electron chi connectivity index (χ3n) is 2.86. The quantitative estimate of drug-likeness (QED) is 0.769. The van der Waals surface area contributed by atoms with E-state index in [1.165, 1.54) is 23.1 Å². The Labute approximate surface area is 104 Å². The summed E-state index contributed by atoms with van der Waals surface area (Å²) < 4.78 is 18.0. The third kappa shape index (κ3) is 2.50. The number of nitrogens with zero attached hydrogens (tertiary/aromatic N) is 1. The Morgan fingerprint density at radius 3 is 3.00 bits per heavy atom. The Morgan fingerprint density at radius 2 is 2.33 bits per heavy atom. The molecule has 4 nitrogen and oxygen atoms in total. The summed E-state index contributed by atoms with van der Waals surface area (Å²) in [6.07, 6.45) is 0.120. The summed E-state index contributed by atoms with van der Waals surface area (Å²) in [5, 5.41) is 0. The molecule has 1 saturated heterocycles. The van der Waals surface area contributed by atoms with Gasteiger partial charge in [0.05, 0.1) is 12.5 Å². The van der Waals surface area contributed by atoms with E-state index < -0.39 is 11.7 Å². The number of benzene rings is 1. The summed E-state index contributed by atoms with van der Waals surface area (Å²) in [6, 6.07) is 5.78. The van der Waals surface area contributed by atoms with Crippen molar-refractivity contribution in [1.29, 1.82) is 0 Å². The van der Waals surface area contributed by atoms with Gasteiger partial charge in [-0.05, 0) is 25.1 Å². The number of rotatable bonds is 3. The lowest BCUT2D eigenvalue weighted by molar-refractivity contribution is -0.147. The molecule has 0 aromatic heterocycles. The van der Waals surface area contributed by atoms with Gasteiger partial charge in [-0.1, -0.05) is 6.07 Å². The number of carbonyl (C=O) groups is 2. The number of hydrogen-bond acceptors (Lipinski definition) is 3. The minimum absolute atomic E-state index is 0.120. The molecule has 0 aliphatic carbocycles. The molecule has 1 fully saturated rings. The number of anilines is 1. The van der Waals surface area contributed by atoms with E-state index in [4.69, 9.17) is 4.74 Å². The molecular formula is C13H14FNO3. The Balaban J connectivity index is 2.12. The molecule has 1 atom stereocenters. The molecule has 1 heterocycles. The van der Waals surface area contributed by atoms with Crippen molar-refractivity contribution in [3.63, 3.8) is 0 Å². The molecule has 1 aliphatic heterocycles. The van der Waals surface area contributed by atoms with Crippen LogP contribution in [0.1, 0.15) is 13.3 Å². The minimum Gasteiger partial charge on any atom is -0.466 e. The second-order valence-corrected chi connectivity index (χ2v) is 4.14. The topological polar surface area (TPSA) is 46.6 Å². The second kappa shape index (κ2) is 5.16. The summed E-state index contributed by atoms with van der Waals surface area (Å²) in [7, 11) is 0. The van der Waals surface area contributed by atoms with Gasteiger partial charge >= 0.3 is 5.97 Å². The molecule has 0 bridgehead atoms. The van der Waals surface area contributed by atoms with Crippen molar-refractivity contribution in [3.8, 4) is 0 Å². The van der Waals surface area contributed by atoms with Crippen LogP contribution in [0, 0.1) is 11.7 Å². The summed E-state index contributed by atoms with van der Waals surface area (Å²) in [6.45, 7) is 2.27. The molecule has 1 unspecified atom stereocenters. The molecule has 0 radical (unpaired) electrons. The first-order chi connectivity index (χ1) is 8.61. The van der Waals surface area contributed by atoms with Crippen molar-refractivity contribution < 1.29 is 18.7 Å². The number of ether oxygens (including phenoxy) is 1. The first-order valence-corrected chi connectivity index (χ1v) is 5.84. The monoisotopic (exact) mass is 251 g/mol. The van der Waals surface area contributed by atoms with E-state index in [0.717, 1.165) is 0 Å².